The summed E-state index contributed by atoms with van der Waals surface area (Å²) in [6.45, 7) is 2.73. The van der Waals surface area contributed by atoms with E-state index in [1.165, 1.54) is 0 Å². The molecule has 2 unspecified atom stereocenters. The van der Waals surface area contributed by atoms with Gasteiger partial charge in [0, 0.05) is 28.9 Å². The van der Waals surface area contributed by atoms with E-state index in [2.05, 4.69) is 5.32 Å². The molecule has 2 atom stereocenters. The van der Waals surface area contributed by atoms with E-state index in [1.54, 1.807) is 13.4 Å². The smallest absolute Gasteiger partial charge is 0.143 e. The lowest BCUT2D eigenvalue weighted by atomic mass is 10.2. The first-order chi connectivity index (χ1) is 8.06. The highest BCUT2D eigenvalue weighted by molar-refractivity contribution is 7.84. The second-order valence-electron chi connectivity index (χ2n) is 3.95. The molecule has 17 heavy (non-hydrogen) atoms. The van der Waals surface area contributed by atoms with Crippen molar-refractivity contribution in [3.05, 3.63) is 18.2 Å². The molecule has 3 N–H and O–H groups in total. The SMILES string of the molecule is COc1cccc(NCCC(C)S(C)=O)c1N. The molecule has 0 fully saturated rings. The number of anilines is 2. The third kappa shape index (κ3) is 3.93. The molecule has 0 aliphatic carbocycles. The first-order valence-electron chi connectivity index (χ1n) is 5.54. The van der Waals surface area contributed by atoms with Crippen LogP contribution in [0.25, 0.3) is 0 Å². The van der Waals surface area contributed by atoms with Gasteiger partial charge in [-0.15, -0.1) is 0 Å². The maximum atomic E-state index is 11.2. The minimum atomic E-state index is -0.775. The maximum absolute atomic E-state index is 11.2. The third-order valence-corrected chi connectivity index (χ3v) is 4.09. The highest BCUT2D eigenvalue weighted by Crippen LogP contribution is 2.28. The van der Waals surface area contributed by atoms with Gasteiger partial charge in [0.2, 0.25) is 0 Å². The number of benzene rings is 1. The molecule has 0 amide bonds. The molecular formula is C12H20N2O2S. The van der Waals surface area contributed by atoms with Crippen molar-refractivity contribution in [3.8, 4) is 5.75 Å². The van der Waals surface area contributed by atoms with Crippen molar-refractivity contribution in [2.75, 3.05) is 31.0 Å². The first kappa shape index (κ1) is 13.8. The molecule has 5 heteroatoms. The molecule has 1 rings (SSSR count). The van der Waals surface area contributed by atoms with E-state index in [4.69, 9.17) is 10.5 Å². The van der Waals surface area contributed by atoms with Crippen molar-refractivity contribution in [2.45, 2.75) is 18.6 Å². The third-order valence-electron chi connectivity index (χ3n) is 2.72. The summed E-state index contributed by atoms with van der Waals surface area (Å²) in [5, 5.41) is 3.42. The van der Waals surface area contributed by atoms with E-state index < -0.39 is 10.8 Å². The Labute approximate surface area is 105 Å². The molecule has 1 aromatic rings. The van der Waals surface area contributed by atoms with Gasteiger partial charge in [-0.25, -0.2) is 0 Å². The monoisotopic (exact) mass is 256 g/mol. The number of methoxy groups -OCH3 is 1. The minimum Gasteiger partial charge on any atom is -0.495 e. The summed E-state index contributed by atoms with van der Waals surface area (Å²) < 4.78 is 16.3. The zero-order valence-electron chi connectivity index (χ0n) is 10.5. The van der Waals surface area contributed by atoms with Gasteiger partial charge in [-0.1, -0.05) is 13.0 Å². The Morgan fingerprint density at radius 3 is 2.82 bits per heavy atom. The molecule has 4 nitrogen and oxygen atoms in total. The van der Waals surface area contributed by atoms with E-state index in [-0.39, 0.29) is 5.25 Å². The van der Waals surface area contributed by atoms with Crippen LogP contribution in [0, 0.1) is 0 Å². The van der Waals surface area contributed by atoms with Crippen molar-refractivity contribution in [1.29, 1.82) is 0 Å². The van der Waals surface area contributed by atoms with Crippen molar-refractivity contribution >= 4 is 22.2 Å². The Bertz CT molecular complexity index is 396. The van der Waals surface area contributed by atoms with Crippen molar-refractivity contribution < 1.29 is 8.95 Å². The average Bonchev–Trinajstić information content (AvgIpc) is 2.31. The Hall–Kier alpha value is -1.23. The molecule has 0 radical (unpaired) electrons. The fourth-order valence-corrected chi connectivity index (χ4v) is 1.90. The summed E-state index contributed by atoms with van der Waals surface area (Å²) in [6, 6.07) is 5.62. The Kier molecular flexibility index (Phi) is 5.28. The second-order valence-corrected chi connectivity index (χ2v) is 5.75. The van der Waals surface area contributed by atoms with Crippen molar-refractivity contribution in [2.24, 2.45) is 0 Å². The lowest BCUT2D eigenvalue weighted by Gasteiger charge is -2.13. The predicted octanol–water partition coefficient (Wildman–Crippen LogP) is 1.85. The van der Waals surface area contributed by atoms with Crippen LogP contribution >= 0.6 is 0 Å². The molecule has 0 aliphatic heterocycles. The maximum Gasteiger partial charge on any atom is 0.143 e. The molecule has 0 spiro atoms. The molecule has 0 saturated heterocycles. The highest BCUT2D eigenvalue weighted by atomic mass is 32.2. The lowest BCUT2D eigenvalue weighted by molar-refractivity contribution is 0.417. The number of nitrogens with one attached hydrogen (secondary N) is 1. The second kappa shape index (κ2) is 6.49. The van der Waals surface area contributed by atoms with Crippen LogP contribution < -0.4 is 15.8 Å². The largest absolute Gasteiger partial charge is 0.495 e. The highest BCUT2D eigenvalue weighted by Gasteiger charge is 2.07. The number of rotatable bonds is 6. The van der Waals surface area contributed by atoms with E-state index in [1.807, 2.05) is 25.1 Å². The van der Waals surface area contributed by atoms with Crippen molar-refractivity contribution in [1.82, 2.24) is 0 Å². The summed E-state index contributed by atoms with van der Waals surface area (Å²) in [4.78, 5) is 0. The van der Waals surface area contributed by atoms with Crippen LogP contribution in [0.2, 0.25) is 0 Å². The summed E-state index contributed by atoms with van der Waals surface area (Å²) in [5.41, 5.74) is 7.39. The van der Waals surface area contributed by atoms with Gasteiger partial charge in [0.15, 0.2) is 0 Å². The molecule has 1 aromatic carbocycles. The van der Waals surface area contributed by atoms with Gasteiger partial charge in [-0.05, 0) is 18.6 Å². The summed E-state index contributed by atoms with van der Waals surface area (Å²) in [5.74, 6) is 0.669. The Balaban J connectivity index is 2.55. The minimum absolute atomic E-state index is 0.189. The van der Waals surface area contributed by atoms with E-state index in [0.717, 1.165) is 18.7 Å². The molecule has 0 bridgehead atoms. The van der Waals surface area contributed by atoms with Gasteiger partial charge in [-0.2, -0.15) is 0 Å². The normalized spacial score (nSPS) is 14.1. The number of nitrogen functional groups attached to an aromatic ring is 1. The quantitative estimate of drug-likeness (QED) is 0.762. The van der Waals surface area contributed by atoms with Crippen LogP contribution in [0.15, 0.2) is 18.2 Å². The summed E-state index contributed by atoms with van der Waals surface area (Å²) >= 11 is 0. The predicted molar refractivity (Wildman–Crippen MR) is 74.0 cm³/mol. The first-order valence-corrected chi connectivity index (χ1v) is 7.17. The van der Waals surface area contributed by atoms with Crippen LogP contribution in [-0.4, -0.2) is 29.4 Å². The fourth-order valence-electron chi connectivity index (χ4n) is 1.45. The van der Waals surface area contributed by atoms with E-state index in [0.29, 0.717) is 11.4 Å². The van der Waals surface area contributed by atoms with Crippen LogP contribution in [0.3, 0.4) is 0 Å². The molecule has 0 saturated carbocycles. The van der Waals surface area contributed by atoms with Crippen molar-refractivity contribution in [3.63, 3.8) is 0 Å². The Morgan fingerprint density at radius 1 is 1.53 bits per heavy atom. The van der Waals surface area contributed by atoms with Gasteiger partial charge in [0.1, 0.15) is 5.75 Å². The van der Waals surface area contributed by atoms with E-state index in [9.17, 15) is 4.21 Å². The lowest BCUT2D eigenvalue weighted by Crippen LogP contribution is -2.15. The van der Waals surface area contributed by atoms with Crippen LogP contribution in [-0.2, 0) is 10.8 Å². The topological polar surface area (TPSA) is 64.3 Å². The van der Waals surface area contributed by atoms with Crippen LogP contribution in [0.4, 0.5) is 11.4 Å². The molecule has 96 valence electrons. The van der Waals surface area contributed by atoms with Gasteiger partial charge in [-0.3, -0.25) is 4.21 Å². The Morgan fingerprint density at radius 2 is 2.24 bits per heavy atom. The van der Waals surface area contributed by atoms with Crippen LogP contribution in [0.1, 0.15) is 13.3 Å². The molecule has 0 aliphatic rings. The average molecular weight is 256 g/mol. The number of para-hydroxylation sites is 1. The zero-order chi connectivity index (χ0) is 12.8. The summed E-state index contributed by atoms with van der Waals surface area (Å²) in [7, 11) is 0.820. The number of ether oxygens (including phenoxy) is 1. The standard InChI is InChI=1S/C12H20N2O2S/c1-9(17(3)15)7-8-14-10-5-4-6-11(16-2)12(10)13/h4-6,9,14H,7-8,13H2,1-3H3. The molecule has 0 aromatic heterocycles. The number of nitrogens with two attached hydrogens (primary N) is 1. The van der Waals surface area contributed by atoms with Gasteiger partial charge >= 0.3 is 0 Å². The van der Waals surface area contributed by atoms with Crippen LogP contribution in [0.5, 0.6) is 5.75 Å². The zero-order valence-corrected chi connectivity index (χ0v) is 11.3. The molecule has 0 heterocycles. The molecular weight excluding hydrogens is 236 g/mol. The fraction of sp³-hybridized carbons (Fsp3) is 0.500. The number of hydrogen-bond donors (Lipinski definition) is 2. The summed E-state index contributed by atoms with van der Waals surface area (Å²) in [6.07, 6.45) is 2.57. The van der Waals surface area contributed by atoms with Gasteiger partial charge < -0.3 is 15.8 Å². The number of hydrogen-bond acceptors (Lipinski definition) is 4. The van der Waals surface area contributed by atoms with E-state index >= 15 is 0 Å². The van der Waals surface area contributed by atoms with Gasteiger partial charge in [0.05, 0.1) is 18.5 Å². The van der Waals surface area contributed by atoms with Gasteiger partial charge in [0.25, 0.3) is 0 Å².